The molecule has 0 amide bonds. The molecule has 7 nitrogen and oxygen atoms in total. The van der Waals surface area contributed by atoms with E-state index in [1.54, 1.807) is 0 Å². The molecule has 2 rings (SSSR count). The largest absolute Gasteiger partial charge is 0.481 e. The highest BCUT2D eigenvalue weighted by Crippen LogP contribution is 2.44. The number of carboxylic acid groups (broad SMARTS) is 1. The molecule has 0 spiro atoms. The van der Waals surface area contributed by atoms with Gasteiger partial charge in [-0.05, 0) is 31.5 Å². The molecular formula is C18H20F6N2O5. The number of nitrogens with two attached hydrogens (primary N) is 1. The summed E-state index contributed by atoms with van der Waals surface area (Å²) >= 11 is 0. The van der Waals surface area contributed by atoms with Gasteiger partial charge in [0.05, 0.1) is 0 Å². The first-order valence-corrected chi connectivity index (χ1v) is 8.52. The van der Waals surface area contributed by atoms with Crippen LogP contribution < -0.4 is 5.73 Å². The molecule has 1 aromatic rings. The van der Waals surface area contributed by atoms with Crippen molar-refractivity contribution in [3.05, 3.63) is 35.1 Å². The van der Waals surface area contributed by atoms with Gasteiger partial charge >= 0.3 is 12.1 Å². The molecule has 0 fully saturated rings. The van der Waals surface area contributed by atoms with Crippen molar-refractivity contribution in [2.75, 3.05) is 6.61 Å². The van der Waals surface area contributed by atoms with Crippen LogP contribution >= 0.6 is 0 Å². The Morgan fingerprint density at radius 2 is 1.81 bits per heavy atom. The zero-order valence-corrected chi connectivity index (χ0v) is 16.6. The van der Waals surface area contributed by atoms with Crippen LogP contribution in [0.4, 0.5) is 26.3 Å². The molecule has 1 heterocycles. The van der Waals surface area contributed by atoms with Crippen molar-refractivity contribution >= 4 is 17.8 Å². The standard InChI is InChI=1S/C16H16F6N2O3.C2H4O2/c1-13(15(18,19)7-27-12(23)24-13)9-5-8(3-4-10(9)17)6-11(25)14(2,26)16(20,21)22;1-2(3)4/h3-5,26H,6-7H2,1-2H3,(H2,23,24);1H3,(H,3,4)/t13-,14-;/m1./s1. The van der Waals surface area contributed by atoms with E-state index in [0.29, 0.717) is 0 Å². The third-order valence-electron chi connectivity index (χ3n) is 4.46. The second kappa shape index (κ2) is 8.73. The van der Waals surface area contributed by atoms with E-state index in [4.69, 9.17) is 15.6 Å². The number of benzene rings is 1. The third kappa shape index (κ3) is 5.66. The molecule has 0 aliphatic carbocycles. The van der Waals surface area contributed by atoms with Crippen LogP contribution in [-0.2, 0) is 26.3 Å². The van der Waals surface area contributed by atoms with E-state index < -0.39 is 65.4 Å². The Labute approximate surface area is 172 Å². The van der Waals surface area contributed by atoms with Crippen LogP contribution in [0.15, 0.2) is 23.2 Å². The first kappa shape index (κ1) is 26.2. The summed E-state index contributed by atoms with van der Waals surface area (Å²) in [6.07, 6.45) is -6.19. The number of hydrogen-bond donors (Lipinski definition) is 3. The van der Waals surface area contributed by atoms with Crippen molar-refractivity contribution in [2.24, 2.45) is 10.7 Å². The molecule has 31 heavy (non-hydrogen) atoms. The Balaban J connectivity index is 0.00000110. The summed E-state index contributed by atoms with van der Waals surface area (Å²) in [5.74, 6) is -7.26. The number of ether oxygens (including phenoxy) is 1. The van der Waals surface area contributed by atoms with Crippen LogP contribution in [0.3, 0.4) is 0 Å². The van der Waals surface area contributed by atoms with Gasteiger partial charge in [0.2, 0.25) is 5.60 Å². The lowest BCUT2D eigenvalue weighted by Gasteiger charge is -2.37. The van der Waals surface area contributed by atoms with Gasteiger partial charge in [-0.1, -0.05) is 6.07 Å². The van der Waals surface area contributed by atoms with E-state index in [-0.39, 0.29) is 12.5 Å². The van der Waals surface area contributed by atoms with Crippen LogP contribution in [0.25, 0.3) is 0 Å². The van der Waals surface area contributed by atoms with Crippen LogP contribution in [0, 0.1) is 5.82 Å². The smallest absolute Gasteiger partial charge is 0.424 e. The zero-order valence-electron chi connectivity index (χ0n) is 16.6. The second-order valence-corrected chi connectivity index (χ2v) is 7.02. The Kier molecular flexibility index (Phi) is 7.38. The number of halogens is 6. The highest BCUT2D eigenvalue weighted by Gasteiger charge is 2.57. The number of carboxylic acids is 1. The number of rotatable bonds is 4. The van der Waals surface area contributed by atoms with E-state index in [2.05, 4.69) is 9.73 Å². The summed E-state index contributed by atoms with van der Waals surface area (Å²) < 4.78 is 85.6. The number of Topliss-reactive ketones (excluding diaryl/α,β-unsaturated/α-hetero) is 1. The number of hydrogen-bond acceptors (Lipinski definition) is 6. The van der Waals surface area contributed by atoms with Gasteiger partial charge in [-0.15, -0.1) is 0 Å². The zero-order chi connectivity index (χ0) is 24.4. The van der Waals surface area contributed by atoms with Crippen molar-refractivity contribution < 1.29 is 50.9 Å². The number of aliphatic imine (C=N–C) groups is 1. The maximum Gasteiger partial charge on any atom is 0.424 e. The summed E-state index contributed by atoms with van der Waals surface area (Å²) in [5, 5.41) is 16.8. The van der Waals surface area contributed by atoms with Crippen molar-refractivity contribution in [3.63, 3.8) is 0 Å². The normalized spacial score (nSPS) is 22.2. The highest BCUT2D eigenvalue weighted by molar-refractivity contribution is 5.89. The Bertz CT molecular complexity index is 881. The maximum atomic E-state index is 14.3. The van der Waals surface area contributed by atoms with Gasteiger partial charge in [-0.2, -0.15) is 22.0 Å². The van der Waals surface area contributed by atoms with Gasteiger partial charge < -0.3 is 20.7 Å². The van der Waals surface area contributed by atoms with E-state index >= 15 is 0 Å². The molecule has 1 aliphatic rings. The Hall–Kier alpha value is -2.83. The van der Waals surface area contributed by atoms with Gasteiger partial charge in [0.15, 0.2) is 17.9 Å². The Morgan fingerprint density at radius 1 is 1.29 bits per heavy atom. The molecule has 0 saturated heterocycles. The number of nitrogens with zero attached hydrogens (tertiary/aromatic N) is 1. The van der Waals surface area contributed by atoms with E-state index in [9.17, 15) is 36.2 Å². The summed E-state index contributed by atoms with van der Waals surface area (Å²) in [4.78, 5) is 24.3. The molecule has 0 aromatic heterocycles. The quantitative estimate of drug-likeness (QED) is 0.596. The molecule has 1 aromatic carbocycles. The topological polar surface area (TPSA) is 122 Å². The Morgan fingerprint density at radius 3 is 2.29 bits per heavy atom. The lowest BCUT2D eigenvalue weighted by molar-refractivity contribution is -0.243. The van der Waals surface area contributed by atoms with Gasteiger partial charge in [0, 0.05) is 18.9 Å². The average Bonchev–Trinajstić information content (AvgIpc) is 2.59. The first-order valence-electron chi connectivity index (χ1n) is 8.52. The maximum absolute atomic E-state index is 14.3. The molecule has 0 bridgehead atoms. The van der Waals surface area contributed by atoms with Gasteiger partial charge in [0.1, 0.15) is 5.82 Å². The fraction of sp³-hybridized carbons (Fsp3) is 0.500. The number of amidine groups is 1. The lowest BCUT2D eigenvalue weighted by Crippen LogP contribution is -2.51. The van der Waals surface area contributed by atoms with Crippen LogP contribution in [-0.4, -0.2) is 52.3 Å². The molecule has 13 heteroatoms. The van der Waals surface area contributed by atoms with Crippen LogP contribution in [0.1, 0.15) is 31.9 Å². The summed E-state index contributed by atoms with van der Waals surface area (Å²) in [6, 6.07) is 1.87. The fourth-order valence-electron chi connectivity index (χ4n) is 2.47. The SMILES string of the molecule is CC(=O)O.C[C@@](O)(C(=O)Cc1ccc(F)c([C@@]2(C)N=C(N)OCC2(F)F)c1)C(F)(F)F. The predicted octanol–water partition coefficient (Wildman–Crippen LogP) is 2.54. The molecule has 174 valence electrons. The molecule has 0 radical (unpaired) electrons. The average molecular weight is 458 g/mol. The number of alkyl halides is 5. The monoisotopic (exact) mass is 458 g/mol. The molecule has 4 N–H and O–H groups in total. The van der Waals surface area contributed by atoms with E-state index in [0.717, 1.165) is 32.0 Å². The van der Waals surface area contributed by atoms with Crippen LogP contribution in [0.2, 0.25) is 0 Å². The minimum atomic E-state index is -5.23. The minimum absolute atomic E-state index is 0.210. The van der Waals surface area contributed by atoms with Crippen molar-refractivity contribution in [2.45, 2.75) is 50.4 Å². The highest BCUT2D eigenvalue weighted by atomic mass is 19.4. The number of ketones is 1. The van der Waals surface area contributed by atoms with E-state index in [1.807, 2.05) is 0 Å². The lowest BCUT2D eigenvalue weighted by atomic mass is 9.83. The fourth-order valence-corrected chi connectivity index (χ4v) is 2.47. The number of carbonyl (C=O) groups excluding carboxylic acids is 1. The van der Waals surface area contributed by atoms with Gasteiger partial charge in [-0.25, -0.2) is 9.38 Å². The van der Waals surface area contributed by atoms with Gasteiger partial charge in [0.25, 0.3) is 12.0 Å². The summed E-state index contributed by atoms with van der Waals surface area (Å²) in [6.45, 7) is 1.07. The van der Waals surface area contributed by atoms with Gasteiger partial charge in [-0.3, -0.25) is 9.59 Å². The molecule has 0 saturated carbocycles. The van der Waals surface area contributed by atoms with Crippen LogP contribution in [0.5, 0.6) is 0 Å². The number of aliphatic carboxylic acids is 1. The van der Waals surface area contributed by atoms with Crippen molar-refractivity contribution in [3.8, 4) is 0 Å². The molecule has 0 unspecified atom stereocenters. The van der Waals surface area contributed by atoms with Crippen molar-refractivity contribution in [1.82, 2.24) is 0 Å². The minimum Gasteiger partial charge on any atom is -0.481 e. The molecule has 1 aliphatic heterocycles. The second-order valence-electron chi connectivity index (χ2n) is 7.02. The molecule has 2 atom stereocenters. The molecular weight excluding hydrogens is 438 g/mol. The van der Waals surface area contributed by atoms with Crippen molar-refractivity contribution in [1.29, 1.82) is 0 Å². The third-order valence-corrected chi connectivity index (χ3v) is 4.46. The number of carbonyl (C=O) groups is 2. The summed E-state index contributed by atoms with van der Waals surface area (Å²) in [7, 11) is 0. The van der Waals surface area contributed by atoms with E-state index in [1.165, 1.54) is 0 Å². The number of aliphatic hydroxyl groups is 1. The predicted molar refractivity (Wildman–Crippen MR) is 95.0 cm³/mol. The summed E-state index contributed by atoms with van der Waals surface area (Å²) in [5.41, 5.74) is -1.72. The first-order chi connectivity index (χ1) is 13.8.